The minimum absolute atomic E-state index is 0.193. The number of aromatic nitrogens is 5. The molecule has 0 radical (unpaired) electrons. The second kappa shape index (κ2) is 6.25. The zero-order chi connectivity index (χ0) is 20.4. The molecule has 9 heteroatoms. The quantitative estimate of drug-likeness (QED) is 0.501. The van der Waals surface area contributed by atoms with Crippen LogP contribution in [0.5, 0.6) is 11.8 Å². The molecule has 1 aromatic carbocycles. The van der Waals surface area contributed by atoms with Crippen LogP contribution in [-0.2, 0) is 0 Å². The van der Waals surface area contributed by atoms with Gasteiger partial charge in [0.15, 0.2) is 5.75 Å². The van der Waals surface area contributed by atoms with Gasteiger partial charge in [-0.2, -0.15) is 9.97 Å². The lowest BCUT2D eigenvalue weighted by atomic mass is 10.1. The molecule has 30 heavy (non-hydrogen) atoms. The first-order valence-corrected chi connectivity index (χ1v) is 10.1. The minimum Gasteiger partial charge on any atom is -0.421 e. The number of halogens is 1. The maximum atomic E-state index is 14.2. The third-order valence-corrected chi connectivity index (χ3v) is 6.16. The van der Waals surface area contributed by atoms with E-state index in [9.17, 15) is 4.39 Å². The van der Waals surface area contributed by atoms with Gasteiger partial charge < -0.3 is 20.4 Å². The molecule has 6 rings (SSSR count). The van der Waals surface area contributed by atoms with Crippen molar-refractivity contribution in [3.05, 3.63) is 36.2 Å². The van der Waals surface area contributed by atoms with Gasteiger partial charge >= 0.3 is 6.01 Å². The first-order chi connectivity index (χ1) is 14.5. The summed E-state index contributed by atoms with van der Waals surface area (Å²) in [6, 6.07) is 3.42. The molecule has 2 unspecified atom stereocenters. The van der Waals surface area contributed by atoms with Crippen LogP contribution in [0.15, 0.2) is 24.5 Å². The van der Waals surface area contributed by atoms with E-state index in [2.05, 4.69) is 24.8 Å². The topological polar surface area (TPSA) is 106 Å². The molecule has 2 bridgehead atoms. The predicted molar refractivity (Wildman–Crippen MR) is 111 cm³/mol. The van der Waals surface area contributed by atoms with E-state index < -0.39 is 0 Å². The van der Waals surface area contributed by atoms with Crippen molar-refractivity contribution in [1.82, 2.24) is 24.9 Å². The van der Waals surface area contributed by atoms with E-state index in [1.54, 1.807) is 19.3 Å². The van der Waals surface area contributed by atoms with Gasteiger partial charge in [0, 0.05) is 18.0 Å². The van der Waals surface area contributed by atoms with E-state index in [1.165, 1.54) is 18.6 Å². The zero-order valence-electron chi connectivity index (χ0n) is 16.4. The van der Waals surface area contributed by atoms with Gasteiger partial charge in [-0.05, 0) is 44.2 Å². The molecule has 3 N–H and O–H groups in total. The average molecular weight is 405 g/mol. The maximum absolute atomic E-state index is 14.2. The predicted octanol–water partition coefficient (Wildman–Crippen LogP) is 3.71. The Kier molecular flexibility index (Phi) is 3.62. The number of hydrogen-bond donors (Lipinski definition) is 2. The summed E-state index contributed by atoms with van der Waals surface area (Å²) in [4.78, 5) is 23.2. The number of anilines is 2. The molecule has 1 saturated carbocycles. The number of nitrogens with zero attached hydrogens (tertiary/aromatic N) is 5. The number of piperidine rings is 1. The van der Waals surface area contributed by atoms with Crippen LogP contribution in [-0.4, -0.2) is 37.5 Å². The normalized spacial score (nSPS) is 20.5. The van der Waals surface area contributed by atoms with E-state index >= 15 is 0 Å². The number of fused-ring (bicyclic) bond motifs is 5. The van der Waals surface area contributed by atoms with Gasteiger partial charge in [-0.15, -0.1) is 0 Å². The van der Waals surface area contributed by atoms with E-state index in [1.807, 2.05) is 0 Å². The monoisotopic (exact) mass is 405 g/mol. The smallest absolute Gasteiger partial charge is 0.326 e. The Morgan fingerprint density at radius 2 is 2.03 bits per heavy atom. The van der Waals surface area contributed by atoms with E-state index in [0.29, 0.717) is 45.8 Å². The highest BCUT2D eigenvalue weighted by Crippen LogP contribution is 2.44. The number of aromatic amines is 1. The number of nitrogens with one attached hydrogen (secondary N) is 1. The molecule has 2 atom stereocenters. The number of H-pyrrole nitrogens is 1. The summed E-state index contributed by atoms with van der Waals surface area (Å²) in [5.74, 6) is 2.15. The molecule has 2 aliphatic rings. The lowest BCUT2D eigenvalue weighted by molar-refractivity contribution is 0.438. The molecule has 4 aromatic rings. The highest BCUT2D eigenvalue weighted by molar-refractivity contribution is 6.14. The van der Waals surface area contributed by atoms with Crippen LogP contribution in [0.3, 0.4) is 0 Å². The van der Waals surface area contributed by atoms with Crippen LogP contribution in [0.25, 0.3) is 21.9 Å². The number of nitrogen functional groups attached to an aromatic ring is 1. The van der Waals surface area contributed by atoms with Gasteiger partial charge in [-0.25, -0.2) is 14.4 Å². The molecule has 1 saturated heterocycles. The Morgan fingerprint density at radius 1 is 1.20 bits per heavy atom. The number of aryl methyl sites for hydroxylation is 1. The maximum Gasteiger partial charge on any atom is 0.326 e. The molecule has 1 aliphatic heterocycles. The van der Waals surface area contributed by atoms with Crippen LogP contribution in [0.1, 0.15) is 25.1 Å². The molecule has 0 amide bonds. The van der Waals surface area contributed by atoms with Crippen molar-refractivity contribution < 1.29 is 9.13 Å². The first-order valence-electron chi connectivity index (χ1n) is 10.1. The first kappa shape index (κ1) is 17.4. The van der Waals surface area contributed by atoms with E-state index in [0.717, 1.165) is 30.6 Å². The van der Waals surface area contributed by atoms with E-state index in [4.69, 9.17) is 15.5 Å². The molecule has 2 fully saturated rings. The summed E-state index contributed by atoms with van der Waals surface area (Å²) in [5, 5.41) is 1.46. The van der Waals surface area contributed by atoms with Crippen LogP contribution < -0.4 is 15.4 Å². The largest absolute Gasteiger partial charge is 0.421 e. The van der Waals surface area contributed by atoms with Crippen molar-refractivity contribution in [2.24, 2.45) is 5.92 Å². The molecular weight excluding hydrogens is 385 g/mol. The SMILES string of the molecule is Cc1ncc(Oc2nc(N3CC4CCC3C4)c3c(n2)[nH]c2c(N)cc(F)cc23)cn1. The molecule has 4 heterocycles. The Morgan fingerprint density at radius 3 is 2.77 bits per heavy atom. The fraction of sp³-hybridized carbons (Fsp3) is 0.333. The lowest BCUT2D eigenvalue weighted by Crippen LogP contribution is -2.32. The van der Waals surface area contributed by atoms with Gasteiger partial charge in [0.1, 0.15) is 23.1 Å². The van der Waals surface area contributed by atoms with Crippen molar-refractivity contribution in [1.29, 1.82) is 0 Å². The fourth-order valence-electron chi connectivity index (χ4n) is 4.83. The zero-order valence-corrected chi connectivity index (χ0v) is 16.4. The summed E-state index contributed by atoms with van der Waals surface area (Å²) >= 11 is 0. The highest BCUT2D eigenvalue weighted by Gasteiger charge is 2.39. The number of rotatable bonds is 3. The Hall–Kier alpha value is -3.49. The summed E-state index contributed by atoms with van der Waals surface area (Å²) < 4.78 is 20.0. The number of hydrogen-bond acceptors (Lipinski definition) is 7. The third kappa shape index (κ3) is 2.65. The molecule has 0 spiro atoms. The van der Waals surface area contributed by atoms with Crippen molar-refractivity contribution in [2.45, 2.75) is 32.2 Å². The molecule has 1 aliphatic carbocycles. The molecule has 152 valence electrons. The summed E-state index contributed by atoms with van der Waals surface area (Å²) in [5.41, 5.74) is 7.64. The third-order valence-electron chi connectivity index (χ3n) is 6.16. The fourth-order valence-corrected chi connectivity index (χ4v) is 4.83. The number of nitrogens with two attached hydrogens (primary N) is 1. The van der Waals surface area contributed by atoms with Gasteiger partial charge in [-0.1, -0.05) is 0 Å². The van der Waals surface area contributed by atoms with Crippen LogP contribution >= 0.6 is 0 Å². The van der Waals surface area contributed by atoms with Crippen LogP contribution in [0.2, 0.25) is 0 Å². The van der Waals surface area contributed by atoms with E-state index in [-0.39, 0.29) is 11.8 Å². The Bertz CT molecular complexity index is 1290. The second-order valence-electron chi connectivity index (χ2n) is 8.15. The summed E-state index contributed by atoms with van der Waals surface area (Å²) in [6.07, 6.45) is 6.72. The number of benzene rings is 1. The van der Waals surface area contributed by atoms with Gasteiger partial charge in [0.2, 0.25) is 0 Å². The standard InChI is InChI=1S/C21H20FN7O/c1-10-24-7-14(8-25-10)30-21-27-19-17(15-5-12(22)6-16(23)18(15)26-19)20(28-21)29-9-11-2-3-13(29)4-11/h5-8,11,13H,2-4,9,23H2,1H3,(H,26,27,28). The lowest BCUT2D eigenvalue weighted by Gasteiger charge is -2.28. The summed E-state index contributed by atoms with van der Waals surface area (Å²) in [7, 11) is 0. The van der Waals surface area contributed by atoms with Crippen LogP contribution in [0, 0.1) is 18.7 Å². The molecule has 3 aromatic heterocycles. The van der Waals surface area contributed by atoms with Crippen molar-refractivity contribution in [2.75, 3.05) is 17.2 Å². The molecular formula is C21H20FN7O. The van der Waals surface area contributed by atoms with Gasteiger partial charge in [-0.3, -0.25) is 0 Å². The summed E-state index contributed by atoms with van der Waals surface area (Å²) in [6.45, 7) is 2.74. The minimum atomic E-state index is -0.382. The van der Waals surface area contributed by atoms with Gasteiger partial charge in [0.05, 0.1) is 29.0 Å². The second-order valence-corrected chi connectivity index (χ2v) is 8.15. The van der Waals surface area contributed by atoms with Crippen molar-refractivity contribution >= 4 is 33.4 Å². The average Bonchev–Trinajstić information content (AvgIpc) is 3.43. The Balaban J connectivity index is 1.55. The van der Waals surface area contributed by atoms with Gasteiger partial charge in [0.25, 0.3) is 0 Å². The molecule has 8 nitrogen and oxygen atoms in total. The van der Waals surface area contributed by atoms with Crippen LogP contribution in [0.4, 0.5) is 15.9 Å². The highest BCUT2D eigenvalue weighted by atomic mass is 19.1. The van der Waals surface area contributed by atoms with Crippen molar-refractivity contribution in [3.8, 4) is 11.8 Å². The van der Waals surface area contributed by atoms with Crippen molar-refractivity contribution in [3.63, 3.8) is 0 Å². The number of ether oxygens (including phenoxy) is 1. The Labute approximate surface area is 171 Å².